The van der Waals surface area contributed by atoms with E-state index in [-0.39, 0.29) is 24.0 Å². The van der Waals surface area contributed by atoms with Gasteiger partial charge in [0.05, 0.1) is 6.54 Å². The first-order valence-corrected chi connectivity index (χ1v) is 8.55. The number of nitrogens with zero attached hydrogens (tertiary/aromatic N) is 4. The van der Waals surface area contributed by atoms with Gasteiger partial charge in [0.15, 0.2) is 17.4 Å². The topological polar surface area (TPSA) is 66.6 Å². The third-order valence-corrected chi connectivity index (χ3v) is 4.35. The summed E-state index contributed by atoms with van der Waals surface area (Å²) in [6, 6.07) is 20.6. The van der Waals surface area contributed by atoms with Crippen LogP contribution in [0, 0.1) is 0 Å². The molecule has 0 radical (unpaired) electrons. The lowest BCUT2D eigenvalue weighted by atomic mass is 10.0. The zero-order chi connectivity index (χ0) is 17.8. The molecule has 7 heteroatoms. The number of halogens is 1. The maximum Gasteiger partial charge on any atom is 0.191 e. The lowest BCUT2D eigenvalue weighted by Gasteiger charge is -2.12. The summed E-state index contributed by atoms with van der Waals surface area (Å²) in [6.07, 6.45) is 1.96. The van der Waals surface area contributed by atoms with Gasteiger partial charge in [-0.1, -0.05) is 48.5 Å². The van der Waals surface area contributed by atoms with Gasteiger partial charge in [-0.05, 0) is 28.5 Å². The fraction of sp³-hybridized carbons (Fsp3) is 0.150. The molecular weight excluding hydrogens is 451 g/mol. The summed E-state index contributed by atoms with van der Waals surface area (Å²) in [4.78, 5) is 4.30. The highest BCUT2D eigenvalue weighted by Crippen LogP contribution is 2.18. The number of guanidine groups is 1. The standard InChI is InChI=1S/C20H20N6.HI/c1-21-20(23-14-19-25-24-18-11-4-5-12-26(18)19)22-13-16-9-6-8-15-7-2-3-10-17(15)16;/h2-12H,13-14H2,1H3,(H2,21,22,23);1H. The highest BCUT2D eigenvalue weighted by atomic mass is 127. The Hall–Kier alpha value is -2.68. The molecule has 0 unspecified atom stereocenters. The summed E-state index contributed by atoms with van der Waals surface area (Å²) in [5, 5.41) is 17.6. The Morgan fingerprint density at radius 1 is 0.926 bits per heavy atom. The zero-order valence-corrected chi connectivity index (χ0v) is 17.3. The highest BCUT2D eigenvalue weighted by Gasteiger charge is 2.06. The first-order valence-electron chi connectivity index (χ1n) is 8.55. The summed E-state index contributed by atoms with van der Waals surface area (Å²) in [5.41, 5.74) is 2.07. The summed E-state index contributed by atoms with van der Waals surface area (Å²) in [5.74, 6) is 1.57. The predicted octanol–water partition coefficient (Wildman–Crippen LogP) is 3.37. The van der Waals surface area contributed by atoms with E-state index in [1.807, 2.05) is 28.8 Å². The Morgan fingerprint density at radius 3 is 2.59 bits per heavy atom. The monoisotopic (exact) mass is 472 g/mol. The molecule has 0 bridgehead atoms. The van der Waals surface area contributed by atoms with Crippen LogP contribution < -0.4 is 10.6 Å². The second-order valence-corrected chi connectivity index (χ2v) is 5.96. The number of aliphatic imine (C=N–C) groups is 1. The fourth-order valence-electron chi connectivity index (χ4n) is 3.02. The summed E-state index contributed by atoms with van der Waals surface area (Å²) >= 11 is 0. The Morgan fingerprint density at radius 2 is 1.70 bits per heavy atom. The number of aromatic nitrogens is 3. The summed E-state index contributed by atoms with van der Waals surface area (Å²) in [6.45, 7) is 1.24. The molecule has 6 nitrogen and oxygen atoms in total. The summed E-state index contributed by atoms with van der Waals surface area (Å²) in [7, 11) is 1.76. The molecule has 138 valence electrons. The van der Waals surface area contributed by atoms with Gasteiger partial charge in [-0.2, -0.15) is 0 Å². The van der Waals surface area contributed by atoms with Gasteiger partial charge in [0, 0.05) is 19.8 Å². The number of rotatable bonds is 4. The van der Waals surface area contributed by atoms with E-state index >= 15 is 0 Å². The van der Waals surface area contributed by atoms with Crippen molar-refractivity contribution in [3.8, 4) is 0 Å². The summed E-state index contributed by atoms with van der Waals surface area (Å²) < 4.78 is 1.96. The van der Waals surface area contributed by atoms with Gasteiger partial charge in [-0.25, -0.2) is 0 Å². The minimum atomic E-state index is 0. The Kier molecular flexibility index (Phi) is 6.23. The van der Waals surface area contributed by atoms with E-state index in [2.05, 4.69) is 68.3 Å². The van der Waals surface area contributed by atoms with E-state index in [9.17, 15) is 0 Å². The maximum absolute atomic E-state index is 4.30. The van der Waals surface area contributed by atoms with Crippen LogP contribution in [0.4, 0.5) is 0 Å². The van der Waals surface area contributed by atoms with E-state index in [1.54, 1.807) is 7.05 Å². The zero-order valence-electron chi connectivity index (χ0n) is 15.0. The van der Waals surface area contributed by atoms with E-state index in [0.717, 1.165) is 17.4 Å². The van der Waals surface area contributed by atoms with Crippen LogP contribution in [0.1, 0.15) is 11.4 Å². The van der Waals surface area contributed by atoms with Crippen LogP contribution in [0.25, 0.3) is 16.4 Å². The van der Waals surface area contributed by atoms with Crippen LogP contribution in [0.5, 0.6) is 0 Å². The van der Waals surface area contributed by atoms with Crippen molar-refractivity contribution >= 4 is 46.4 Å². The van der Waals surface area contributed by atoms with Crippen LogP contribution in [0.2, 0.25) is 0 Å². The van der Waals surface area contributed by atoms with Gasteiger partial charge in [0.2, 0.25) is 0 Å². The fourth-order valence-corrected chi connectivity index (χ4v) is 3.02. The molecule has 2 heterocycles. The molecule has 0 saturated heterocycles. The van der Waals surface area contributed by atoms with E-state index in [1.165, 1.54) is 16.3 Å². The van der Waals surface area contributed by atoms with Crippen LogP contribution in [-0.2, 0) is 13.1 Å². The third kappa shape index (κ3) is 4.19. The Bertz CT molecular complexity index is 1070. The SMILES string of the molecule is CN=C(NCc1cccc2ccccc12)NCc1nnc2ccccn12.I. The van der Waals surface area contributed by atoms with Gasteiger partial charge in [-0.3, -0.25) is 9.39 Å². The van der Waals surface area contributed by atoms with Crippen LogP contribution >= 0.6 is 24.0 Å². The van der Waals surface area contributed by atoms with Crippen molar-refractivity contribution in [1.82, 2.24) is 25.2 Å². The molecule has 2 aromatic heterocycles. The quantitative estimate of drug-likeness (QED) is 0.272. The second kappa shape index (κ2) is 8.81. The van der Waals surface area contributed by atoms with Crippen molar-refractivity contribution < 1.29 is 0 Å². The first kappa shape index (κ1) is 19.1. The molecule has 0 spiro atoms. The molecule has 0 aliphatic carbocycles. The van der Waals surface area contributed by atoms with Crippen LogP contribution in [0.3, 0.4) is 0 Å². The van der Waals surface area contributed by atoms with E-state index in [4.69, 9.17) is 0 Å². The maximum atomic E-state index is 4.30. The van der Waals surface area contributed by atoms with E-state index in [0.29, 0.717) is 13.1 Å². The lowest BCUT2D eigenvalue weighted by Crippen LogP contribution is -2.36. The molecule has 0 saturated carbocycles. The average Bonchev–Trinajstić information content (AvgIpc) is 3.11. The van der Waals surface area contributed by atoms with Crippen LogP contribution in [-0.4, -0.2) is 27.6 Å². The Balaban J connectivity index is 0.00000210. The van der Waals surface area contributed by atoms with Gasteiger partial charge in [-0.15, -0.1) is 34.2 Å². The van der Waals surface area contributed by atoms with Gasteiger partial charge < -0.3 is 10.6 Å². The minimum absolute atomic E-state index is 0. The number of nitrogens with one attached hydrogen (secondary N) is 2. The van der Waals surface area contributed by atoms with Crippen molar-refractivity contribution in [1.29, 1.82) is 0 Å². The predicted molar refractivity (Wildman–Crippen MR) is 119 cm³/mol. The number of hydrogen-bond acceptors (Lipinski definition) is 3. The average molecular weight is 472 g/mol. The first-order chi connectivity index (χ1) is 12.8. The smallest absolute Gasteiger partial charge is 0.191 e. The molecule has 4 rings (SSSR count). The molecule has 0 amide bonds. The van der Waals surface area contributed by atoms with Crippen molar-refractivity contribution in [3.05, 3.63) is 78.2 Å². The molecule has 0 atom stereocenters. The van der Waals surface area contributed by atoms with Crippen molar-refractivity contribution in [3.63, 3.8) is 0 Å². The lowest BCUT2D eigenvalue weighted by molar-refractivity contribution is 0.764. The van der Waals surface area contributed by atoms with E-state index < -0.39 is 0 Å². The minimum Gasteiger partial charge on any atom is -0.352 e. The molecule has 0 fully saturated rings. The molecule has 2 N–H and O–H groups in total. The van der Waals surface area contributed by atoms with Crippen molar-refractivity contribution in [2.24, 2.45) is 4.99 Å². The second-order valence-electron chi connectivity index (χ2n) is 5.96. The normalized spacial score (nSPS) is 11.4. The number of fused-ring (bicyclic) bond motifs is 2. The van der Waals surface area contributed by atoms with Crippen molar-refractivity contribution in [2.45, 2.75) is 13.1 Å². The Labute approximate surface area is 174 Å². The number of pyridine rings is 1. The largest absolute Gasteiger partial charge is 0.352 e. The van der Waals surface area contributed by atoms with Crippen LogP contribution in [0.15, 0.2) is 71.9 Å². The van der Waals surface area contributed by atoms with Gasteiger partial charge in [0.1, 0.15) is 0 Å². The molecule has 27 heavy (non-hydrogen) atoms. The number of hydrogen-bond donors (Lipinski definition) is 2. The van der Waals surface area contributed by atoms with Gasteiger partial charge >= 0.3 is 0 Å². The molecular formula is C20H21IN6. The van der Waals surface area contributed by atoms with Crippen molar-refractivity contribution in [2.75, 3.05) is 7.05 Å². The molecule has 4 aromatic rings. The third-order valence-electron chi connectivity index (χ3n) is 4.35. The van der Waals surface area contributed by atoms with Gasteiger partial charge in [0.25, 0.3) is 0 Å². The molecule has 0 aliphatic heterocycles. The molecule has 0 aliphatic rings. The number of benzene rings is 2. The highest BCUT2D eigenvalue weighted by molar-refractivity contribution is 14.0. The molecule has 2 aromatic carbocycles.